The van der Waals surface area contributed by atoms with Crippen LogP contribution >= 0.6 is 7.82 Å². The average molecular weight is 891 g/mol. The zero-order valence-corrected chi connectivity index (χ0v) is 38.9. The Morgan fingerprint density at radius 3 is 1.25 bits per heavy atom. The molecule has 0 aromatic heterocycles. The van der Waals surface area contributed by atoms with Crippen molar-refractivity contribution in [3.63, 3.8) is 0 Å². The first-order valence-electron chi connectivity index (χ1n) is 24.1. The van der Waals surface area contributed by atoms with Gasteiger partial charge in [-0.25, -0.2) is 4.57 Å². The molecule has 0 radical (unpaired) electrons. The van der Waals surface area contributed by atoms with Gasteiger partial charge in [0.05, 0.1) is 6.61 Å². The lowest BCUT2D eigenvalue weighted by atomic mass is 9.85. The zero-order chi connectivity index (χ0) is 45.0. The van der Waals surface area contributed by atoms with Gasteiger partial charge >= 0.3 is 19.8 Å². The molecule has 358 valence electrons. The van der Waals surface area contributed by atoms with Crippen LogP contribution in [-0.2, 0) is 32.7 Å². The molecule has 6 atom stereocenters. The Morgan fingerprint density at radius 1 is 0.492 bits per heavy atom. The summed E-state index contributed by atoms with van der Waals surface area (Å²) in [5.74, 6) is -1.11. The molecular formula is C47H87O13P. The second-order valence-corrected chi connectivity index (χ2v) is 18.4. The van der Waals surface area contributed by atoms with E-state index in [9.17, 15) is 44.6 Å². The quantitative estimate of drug-likeness (QED) is 0.0147. The third kappa shape index (κ3) is 30.2. The lowest BCUT2D eigenvalue weighted by molar-refractivity contribution is -0.220. The van der Waals surface area contributed by atoms with E-state index in [2.05, 4.69) is 38.2 Å². The second-order valence-electron chi connectivity index (χ2n) is 17.0. The maximum Gasteiger partial charge on any atom is 0.472 e. The Balaban J connectivity index is 2.44. The largest absolute Gasteiger partial charge is 0.472 e. The molecule has 0 aromatic carbocycles. The fraction of sp³-hybridized carbons (Fsp3) is 0.872. The van der Waals surface area contributed by atoms with E-state index in [1.807, 2.05) is 0 Å². The lowest BCUT2D eigenvalue weighted by Crippen LogP contribution is -2.64. The minimum atomic E-state index is -5.12. The molecule has 1 saturated carbocycles. The monoisotopic (exact) mass is 891 g/mol. The summed E-state index contributed by atoms with van der Waals surface area (Å²) in [6, 6.07) is 0. The van der Waals surface area contributed by atoms with E-state index in [-0.39, 0.29) is 12.8 Å². The van der Waals surface area contributed by atoms with Crippen molar-refractivity contribution >= 4 is 19.8 Å². The molecule has 0 heterocycles. The summed E-state index contributed by atoms with van der Waals surface area (Å²) in [5.41, 5.74) is 0. The number of carbonyl (C=O) groups excluding carboxylic acids is 2. The molecule has 0 aromatic rings. The lowest BCUT2D eigenvalue weighted by Gasteiger charge is -2.41. The Labute approximate surface area is 368 Å². The Hall–Kier alpha value is -1.67. The maximum absolute atomic E-state index is 12.8. The predicted molar refractivity (Wildman–Crippen MR) is 240 cm³/mol. The van der Waals surface area contributed by atoms with Gasteiger partial charge < -0.3 is 39.9 Å². The molecule has 1 fully saturated rings. The zero-order valence-electron chi connectivity index (χ0n) is 38.0. The van der Waals surface area contributed by atoms with Crippen molar-refractivity contribution in [2.45, 2.75) is 249 Å². The van der Waals surface area contributed by atoms with Crippen LogP contribution in [0.1, 0.15) is 206 Å². The van der Waals surface area contributed by atoms with Gasteiger partial charge in [0, 0.05) is 12.8 Å². The van der Waals surface area contributed by atoms with Crippen molar-refractivity contribution in [2.75, 3.05) is 13.2 Å². The Kier molecular flexibility index (Phi) is 35.4. The first-order valence-corrected chi connectivity index (χ1v) is 25.6. The molecular weight excluding hydrogens is 803 g/mol. The van der Waals surface area contributed by atoms with Crippen molar-refractivity contribution in [3.05, 3.63) is 24.3 Å². The Bertz CT molecular complexity index is 1170. The van der Waals surface area contributed by atoms with Crippen LogP contribution in [0.4, 0.5) is 0 Å². The van der Waals surface area contributed by atoms with Crippen LogP contribution in [0.5, 0.6) is 0 Å². The number of aliphatic hydroxyl groups excluding tert-OH is 5. The van der Waals surface area contributed by atoms with E-state index < -0.39 is 75.7 Å². The number of phosphoric acid groups is 1. The molecule has 61 heavy (non-hydrogen) atoms. The van der Waals surface area contributed by atoms with Crippen molar-refractivity contribution in [1.29, 1.82) is 0 Å². The maximum atomic E-state index is 12.8. The van der Waals surface area contributed by atoms with Crippen molar-refractivity contribution in [3.8, 4) is 0 Å². The molecule has 0 bridgehead atoms. The average Bonchev–Trinajstić information content (AvgIpc) is 3.24. The molecule has 6 unspecified atom stereocenters. The molecule has 13 nitrogen and oxygen atoms in total. The molecule has 0 amide bonds. The van der Waals surface area contributed by atoms with Crippen molar-refractivity contribution in [1.82, 2.24) is 0 Å². The van der Waals surface area contributed by atoms with Crippen LogP contribution < -0.4 is 0 Å². The molecule has 1 aliphatic carbocycles. The molecule has 6 N–H and O–H groups in total. The first-order chi connectivity index (χ1) is 29.4. The van der Waals surface area contributed by atoms with Crippen molar-refractivity contribution in [2.24, 2.45) is 0 Å². The topological polar surface area (TPSA) is 210 Å². The fourth-order valence-corrected chi connectivity index (χ4v) is 8.31. The molecule has 1 rings (SSSR count). The molecule has 0 saturated heterocycles. The van der Waals surface area contributed by atoms with E-state index in [0.717, 1.165) is 70.6 Å². The van der Waals surface area contributed by atoms with Gasteiger partial charge in [-0.05, 0) is 64.2 Å². The summed E-state index contributed by atoms with van der Waals surface area (Å²) in [6.07, 6.45) is 28.0. The SMILES string of the molecule is CCCCCCCCC=CCCCCCCCCCC(=O)OC(COC(=O)CCCCCCCC=CCCCCCCCC)COP(=O)(O)OC1C(O)C(O)C(O)C(O)C1O. The van der Waals surface area contributed by atoms with Gasteiger partial charge in [-0.1, -0.05) is 154 Å². The molecule has 0 spiro atoms. The van der Waals surface area contributed by atoms with E-state index >= 15 is 0 Å². The third-order valence-electron chi connectivity index (χ3n) is 11.3. The number of allylic oxidation sites excluding steroid dienone is 4. The highest BCUT2D eigenvalue weighted by atomic mass is 31.2. The smallest absolute Gasteiger partial charge is 0.462 e. The summed E-state index contributed by atoms with van der Waals surface area (Å²) in [7, 11) is -5.12. The summed E-state index contributed by atoms with van der Waals surface area (Å²) in [4.78, 5) is 35.7. The first kappa shape index (κ1) is 57.3. The van der Waals surface area contributed by atoms with E-state index in [1.165, 1.54) is 96.3 Å². The minimum absolute atomic E-state index is 0.0919. The van der Waals surface area contributed by atoms with Gasteiger partial charge in [-0.15, -0.1) is 0 Å². The van der Waals surface area contributed by atoms with Gasteiger partial charge in [0.1, 0.15) is 43.2 Å². The number of hydrogen-bond donors (Lipinski definition) is 6. The fourth-order valence-electron chi connectivity index (χ4n) is 7.34. The van der Waals surface area contributed by atoms with Crippen LogP contribution in [0.15, 0.2) is 24.3 Å². The van der Waals surface area contributed by atoms with E-state index in [4.69, 9.17) is 18.5 Å². The molecule has 14 heteroatoms. The number of ether oxygens (including phenoxy) is 2. The van der Waals surface area contributed by atoms with Crippen LogP contribution in [0.3, 0.4) is 0 Å². The summed E-state index contributed by atoms with van der Waals surface area (Å²) < 4.78 is 33.6. The number of aliphatic hydroxyl groups is 5. The van der Waals surface area contributed by atoms with Gasteiger partial charge in [-0.3, -0.25) is 18.6 Å². The van der Waals surface area contributed by atoms with Crippen molar-refractivity contribution < 1.29 is 63.1 Å². The highest BCUT2D eigenvalue weighted by Gasteiger charge is 2.51. The van der Waals surface area contributed by atoms with Crippen LogP contribution in [0.25, 0.3) is 0 Å². The number of hydrogen-bond acceptors (Lipinski definition) is 12. The molecule has 1 aliphatic rings. The summed E-state index contributed by atoms with van der Waals surface area (Å²) in [5, 5.41) is 50.2. The summed E-state index contributed by atoms with van der Waals surface area (Å²) >= 11 is 0. The van der Waals surface area contributed by atoms with Crippen LogP contribution in [0.2, 0.25) is 0 Å². The minimum Gasteiger partial charge on any atom is -0.462 e. The van der Waals surface area contributed by atoms with Gasteiger partial charge in [0.15, 0.2) is 6.10 Å². The van der Waals surface area contributed by atoms with Crippen LogP contribution in [0, 0.1) is 0 Å². The normalized spacial score (nSPS) is 22.2. The van der Waals surface area contributed by atoms with Gasteiger partial charge in [-0.2, -0.15) is 0 Å². The Morgan fingerprint density at radius 2 is 0.836 bits per heavy atom. The number of carbonyl (C=O) groups is 2. The number of esters is 2. The second kappa shape index (κ2) is 37.7. The predicted octanol–water partition coefficient (Wildman–Crippen LogP) is 9.62. The number of unbranched alkanes of at least 4 members (excludes halogenated alkanes) is 24. The van der Waals surface area contributed by atoms with Crippen LogP contribution in [-0.4, -0.2) is 98.3 Å². The number of rotatable bonds is 40. The van der Waals surface area contributed by atoms with E-state index in [1.54, 1.807) is 0 Å². The standard InChI is InChI=1S/C47H87O13P/c1-3-5-7-9-11-13-15-17-19-20-22-24-26-28-30-32-34-36-41(49)59-39(38-58-61(55,56)60-47-45(53)43(51)42(50)44(52)46(47)54)37-57-40(48)35-33-31-29-27-25-23-21-18-16-14-12-10-8-6-4-2/h17-19,21,39,42-47,50-54H,3-16,20,22-38H2,1-2H3,(H,55,56). The van der Waals surface area contributed by atoms with Gasteiger partial charge in [0.2, 0.25) is 0 Å². The van der Waals surface area contributed by atoms with E-state index in [0.29, 0.717) is 12.8 Å². The third-order valence-corrected chi connectivity index (χ3v) is 12.3. The molecule has 0 aliphatic heterocycles. The summed E-state index contributed by atoms with van der Waals surface area (Å²) in [6.45, 7) is 3.29. The highest BCUT2D eigenvalue weighted by Crippen LogP contribution is 2.47. The highest BCUT2D eigenvalue weighted by molar-refractivity contribution is 7.47. The van der Waals surface area contributed by atoms with Gasteiger partial charge in [0.25, 0.3) is 0 Å². The number of phosphoric ester groups is 1.